The molecule has 0 radical (unpaired) electrons. The van der Waals surface area contributed by atoms with Gasteiger partial charge in [-0.3, -0.25) is 4.79 Å². The second kappa shape index (κ2) is 10.4. The Morgan fingerprint density at radius 3 is 2.38 bits per heavy atom. The van der Waals surface area contributed by atoms with Gasteiger partial charge in [0.2, 0.25) is 5.91 Å². The molecule has 1 amide bonds. The van der Waals surface area contributed by atoms with E-state index >= 15 is 0 Å². The van der Waals surface area contributed by atoms with Crippen LogP contribution in [0, 0.1) is 0 Å². The van der Waals surface area contributed by atoms with Crippen LogP contribution in [0.4, 0.5) is 0 Å². The summed E-state index contributed by atoms with van der Waals surface area (Å²) in [6.07, 6.45) is 2.23. The van der Waals surface area contributed by atoms with E-state index in [1.807, 2.05) is 48.5 Å². The highest BCUT2D eigenvalue weighted by Gasteiger charge is 2.03. The third-order valence-corrected chi connectivity index (χ3v) is 4.09. The van der Waals surface area contributed by atoms with Gasteiger partial charge in [-0.25, -0.2) is 0 Å². The van der Waals surface area contributed by atoms with Crippen LogP contribution in [0.25, 0.3) is 0 Å². The van der Waals surface area contributed by atoms with Crippen molar-refractivity contribution in [1.82, 2.24) is 5.32 Å². The van der Waals surface area contributed by atoms with Crippen LogP contribution >= 0.6 is 27.5 Å². The molecule has 0 unspecified atom stereocenters. The Labute approximate surface area is 156 Å². The average Bonchev–Trinajstić information content (AvgIpc) is 2.60. The largest absolute Gasteiger partial charge is 0.493 e. The maximum Gasteiger partial charge on any atom is 0.224 e. The lowest BCUT2D eigenvalue weighted by molar-refractivity contribution is -0.120. The van der Waals surface area contributed by atoms with Gasteiger partial charge in [0.1, 0.15) is 5.75 Å². The summed E-state index contributed by atoms with van der Waals surface area (Å²) in [7, 11) is 0. The number of ether oxygens (including phenoxy) is 1. The SMILES string of the molecule is O=C(Cc1ccc(OCCBr)cc1)NCCCc1ccc(Cl)cc1. The summed E-state index contributed by atoms with van der Waals surface area (Å²) in [6, 6.07) is 15.5. The smallest absolute Gasteiger partial charge is 0.224 e. The Hall–Kier alpha value is -1.52. The molecule has 0 atom stereocenters. The molecule has 0 aromatic heterocycles. The van der Waals surface area contributed by atoms with Gasteiger partial charge in [-0.2, -0.15) is 0 Å². The van der Waals surface area contributed by atoms with Gasteiger partial charge in [0, 0.05) is 16.9 Å². The minimum atomic E-state index is 0.0419. The topological polar surface area (TPSA) is 38.3 Å². The lowest BCUT2D eigenvalue weighted by Gasteiger charge is -2.07. The van der Waals surface area contributed by atoms with E-state index in [1.165, 1.54) is 5.56 Å². The van der Waals surface area contributed by atoms with Crippen molar-refractivity contribution in [3.63, 3.8) is 0 Å². The summed E-state index contributed by atoms with van der Waals surface area (Å²) in [6.45, 7) is 1.31. The van der Waals surface area contributed by atoms with Crippen LogP contribution < -0.4 is 10.1 Å². The Morgan fingerprint density at radius 2 is 1.71 bits per heavy atom. The van der Waals surface area contributed by atoms with Crippen molar-refractivity contribution in [2.24, 2.45) is 0 Å². The summed E-state index contributed by atoms with van der Waals surface area (Å²) in [5.74, 6) is 0.863. The van der Waals surface area contributed by atoms with Gasteiger partial charge >= 0.3 is 0 Å². The molecule has 0 aliphatic carbocycles. The number of carbonyl (C=O) groups is 1. The summed E-state index contributed by atoms with van der Waals surface area (Å²) < 4.78 is 5.49. The highest BCUT2D eigenvalue weighted by molar-refractivity contribution is 9.09. The van der Waals surface area contributed by atoms with E-state index in [2.05, 4.69) is 21.2 Å². The number of halogens is 2. The summed E-state index contributed by atoms with van der Waals surface area (Å²) >= 11 is 9.18. The van der Waals surface area contributed by atoms with Crippen LogP contribution in [0.3, 0.4) is 0 Å². The molecular formula is C19H21BrClNO2. The highest BCUT2D eigenvalue weighted by Crippen LogP contribution is 2.13. The predicted molar refractivity (Wildman–Crippen MR) is 102 cm³/mol. The quantitative estimate of drug-likeness (QED) is 0.491. The average molecular weight is 411 g/mol. The molecule has 0 aliphatic heterocycles. The number of rotatable bonds is 9. The van der Waals surface area contributed by atoms with E-state index in [-0.39, 0.29) is 5.91 Å². The second-order valence-electron chi connectivity index (χ2n) is 5.44. The fraction of sp³-hybridized carbons (Fsp3) is 0.316. The molecule has 0 heterocycles. The van der Waals surface area contributed by atoms with Crippen LogP contribution in [0.1, 0.15) is 17.5 Å². The molecule has 0 spiro atoms. The third kappa shape index (κ3) is 6.93. The summed E-state index contributed by atoms with van der Waals surface area (Å²) in [5.41, 5.74) is 2.21. The number of benzene rings is 2. The number of aryl methyl sites for hydroxylation is 1. The minimum Gasteiger partial charge on any atom is -0.493 e. The molecule has 0 bridgehead atoms. The second-order valence-corrected chi connectivity index (χ2v) is 6.67. The Kier molecular flexibility index (Phi) is 8.13. The zero-order chi connectivity index (χ0) is 17.2. The molecule has 0 aliphatic rings. The van der Waals surface area contributed by atoms with Gasteiger partial charge in [0.15, 0.2) is 0 Å². The molecule has 1 N–H and O–H groups in total. The van der Waals surface area contributed by atoms with Gasteiger partial charge in [-0.1, -0.05) is 51.8 Å². The number of amides is 1. The minimum absolute atomic E-state index is 0.0419. The number of hydrogen-bond donors (Lipinski definition) is 1. The van der Waals surface area contributed by atoms with Crippen molar-refractivity contribution >= 4 is 33.4 Å². The van der Waals surface area contributed by atoms with Crippen molar-refractivity contribution in [1.29, 1.82) is 0 Å². The molecule has 5 heteroatoms. The van der Waals surface area contributed by atoms with E-state index in [9.17, 15) is 4.79 Å². The zero-order valence-electron chi connectivity index (χ0n) is 13.4. The summed E-state index contributed by atoms with van der Waals surface area (Å²) in [4.78, 5) is 12.0. The van der Waals surface area contributed by atoms with E-state index in [4.69, 9.17) is 16.3 Å². The van der Waals surface area contributed by atoms with Gasteiger partial charge in [-0.05, 0) is 48.2 Å². The molecule has 2 rings (SSSR count). The Balaban J connectivity index is 1.66. The lowest BCUT2D eigenvalue weighted by atomic mass is 10.1. The number of alkyl halides is 1. The summed E-state index contributed by atoms with van der Waals surface area (Å²) in [5, 5.41) is 4.50. The first-order valence-electron chi connectivity index (χ1n) is 7.96. The maximum atomic E-state index is 12.0. The third-order valence-electron chi connectivity index (χ3n) is 3.51. The van der Waals surface area contributed by atoms with Crippen LogP contribution in [-0.4, -0.2) is 24.4 Å². The van der Waals surface area contributed by atoms with Crippen molar-refractivity contribution in [3.8, 4) is 5.75 Å². The Morgan fingerprint density at radius 1 is 1.04 bits per heavy atom. The number of hydrogen-bond acceptors (Lipinski definition) is 2. The monoisotopic (exact) mass is 409 g/mol. The van der Waals surface area contributed by atoms with E-state index in [1.54, 1.807) is 0 Å². The first kappa shape index (κ1) is 18.8. The lowest BCUT2D eigenvalue weighted by Crippen LogP contribution is -2.26. The normalized spacial score (nSPS) is 10.4. The molecule has 0 saturated carbocycles. The van der Waals surface area contributed by atoms with Crippen molar-refractivity contribution < 1.29 is 9.53 Å². The van der Waals surface area contributed by atoms with Gasteiger partial charge in [-0.15, -0.1) is 0 Å². The highest BCUT2D eigenvalue weighted by atomic mass is 79.9. The van der Waals surface area contributed by atoms with Gasteiger partial charge in [0.05, 0.1) is 13.0 Å². The fourth-order valence-electron chi connectivity index (χ4n) is 2.28. The maximum absolute atomic E-state index is 12.0. The fourth-order valence-corrected chi connectivity index (χ4v) is 2.57. The molecule has 2 aromatic carbocycles. The van der Waals surface area contributed by atoms with Gasteiger partial charge < -0.3 is 10.1 Å². The van der Waals surface area contributed by atoms with Crippen molar-refractivity contribution in [3.05, 3.63) is 64.7 Å². The molecular weight excluding hydrogens is 390 g/mol. The zero-order valence-corrected chi connectivity index (χ0v) is 15.8. The van der Waals surface area contributed by atoms with Crippen LogP contribution in [0.15, 0.2) is 48.5 Å². The molecule has 0 fully saturated rings. The first-order valence-corrected chi connectivity index (χ1v) is 9.46. The Bertz CT molecular complexity index is 629. The molecule has 128 valence electrons. The van der Waals surface area contributed by atoms with E-state index < -0.39 is 0 Å². The van der Waals surface area contributed by atoms with E-state index in [0.29, 0.717) is 19.6 Å². The molecule has 0 saturated heterocycles. The van der Waals surface area contributed by atoms with Crippen LogP contribution in [0.5, 0.6) is 5.75 Å². The van der Waals surface area contributed by atoms with Gasteiger partial charge in [0.25, 0.3) is 0 Å². The van der Waals surface area contributed by atoms with Crippen molar-refractivity contribution in [2.75, 3.05) is 18.5 Å². The molecule has 2 aromatic rings. The number of carbonyl (C=O) groups excluding carboxylic acids is 1. The molecule has 3 nitrogen and oxygen atoms in total. The standard InChI is InChI=1S/C19H21BrClNO2/c20-11-13-24-18-9-5-16(6-10-18)14-19(23)22-12-1-2-15-3-7-17(21)8-4-15/h3-10H,1-2,11-14H2,(H,22,23). The predicted octanol–water partition coefficient (Wildman–Crippen LogP) is 4.41. The van der Waals surface area contributed by atoms with E-state index in [0.717, 1.165) is 34.5 Å². The first-order chi connectivity index (χ1) is 11.7. The number of nitrogens with one attached hydrogen (secondary N) is 1. The molecule has 24 heavy (non-hydrogen) atoms. The van der Waals surface area contributed by atoms with Crippen LogP contribution in [0.2, 0.25) is 5.02 Å². The van der Waals surface area contributed by atoms with Crippen LogP contribution in [-0.2, 0) is 17.6 Å². The van der Waals surface area contributed by atoms with Crippen molar-refractivity contribution in [2.45, 2.75) is 19.3 Å².